The van der Waals surface area contributed by atoms with Crippen molar-refractivity contribution in [2.75, 3.05) is 0 Å². The molecule has 0 aliphatic carbocycles. The summed E-state index contributed by atoms with van der Waals surface area (Å²) < 4.78 is 46.9. The van der Waals surface area contributed by atoms with Gasteiger partial charge in [0.2, 0.25) is 0 Å². The Balaban J connectivity index is 1.62. The van der Waals surface area contributed by atoms with E-state index in [2.05, 4.69) is 4.98 Å². The average molecular weight is 410 g/mol. The number of benzene rings is 2. The van der Waals surface area contributed by atoms with E-state index < -0.39 is 17.4 Å². The molecule has 0 amide bonds. The minimum atomic E-state index is -4.51. The Kier molecular flexibility index (Phi) is 4.75. The number of nitrogens with zero attached hydrogens (tertiary/aromatic N) is 4. The Bertz CT molecular complexity index is 1320. The molecular formula is C21H13F3N4O2. The summed E-state index contributed by atoms with van der Waals surface area (Å²) in [7, 11) is 0. The third kappa shape index (κ3) is 3.75. The van der Waals surface area contributed by atoms with E-state index in [1.165, 1.54) is 35.0 Å². The van der Waals surface area contributed by atoms with Crippen molar-refractivity contribution in [1.29, 1.82) is 5.26 Å². The van der Waals surface area contributed by atoms with Crippen LogP contribution in [0.3, 0.4) is 0 Å². The van der Waals surface area contributed by atoms with Gasteiger partial charge in [-0.15, -0.1) is 0 Å². The largest absolute Gasteiger partial charge is 0.487 e. The number of ether oxygens (including phenoxy) is 1. The molecule has 4 rings (SSSR count). The first-order valence-electron chi connectivity index (χ1n) is 8.75. The van der Waals surface area contributed by atoms with Crippen LogP contribution >= 0.6 is 0 Å². The molecule has 30 heavy (non-hydrogen) atoms. The summed E-state index contributed by atoms with van der Waals surface area (Å²) in [4.78, 5) is 17.1. The van der Waals surface area contributed by atoms with Gasteiger partial charge in [-0.1, -0.05) is 6.07 Å². The highest BCUT2D eigenvalue weighted by molar-refractivity contribution is 5.42. The Morgan fingerprint density at radius 3 is 2.57 bits per heavy atom. The summed E-state index contributed by atoms with van der Waals surface area (Å²) in [6, 6.07) is 14.6. The van der Waals surface area contributed by atoms with Gasteiger partial charge in [-0.3, -0.25) is 8.97 Å². The molecule has 0 bridgehead atoms. The van der Waals surface area contributed by atoms with E-state index in [1.54, 1.807) is 24.3 Å². The molecule has 2 aromatic heterocycles. The van der Waals surface area contributed by atoms with Gasteiger partial charge in [0.1, 0.15) is 18.0 Å². The summed E-state index contributed by atoms with van der Waals surface area (Å²) in [6.45, 7) is 0.0799. The number of nitriles is 1. The summed E-state index contributed by atoms with van der Waals surface area (Å²) in [5.74, 6) is 0.535. The maximum atomic E-state index is 13.0. The summed E-state index contributed by atoms with van der Waals surface area (Å²) in [5, 5.41) is 8.81. The smallest absolute Gasteiger partial charge is 0.416 e. The lowest BCUT2D eigenvalue weighted by Crippen LogP contribution is -2.24. The second-order valence-corrected chi connectivity index (χ2v) is 6.40. The fraction of sp³-hybridized carbons (Fsp3) is 0.0952. The van der Waals surface area contributed by atoms with E-state index in [9.17, 15) is 18.0 Å². The van der Waals surface area contributed by atoms with Crippen molar-refractivity contribution in [3.63, 3.8) is 0 Å². The highest BCUT2D eigenvalue weighted by atomic mass is 19.4. The van der Waals surface area contributed by atoms with E-state index in [0.29, 0.717) is 22.7 Å². The zero-order valence-electron chi connectivity index (χ0n) is 15.3. The normalized spacial score (nSPS) is 11.4. The average Bonchev–Trinajstić information content (AvgIpc) is 3.16. The van der Waals surface area contributed by atoms with Crippen LogP contribution in [-0.4, -0.2) is 14.0 Å². The van der Waals surface area contributed by atoms with Gasteiger partial charge in [0.05, 0.1) is 28.6 Å². The number of halogens is 3. The predicted octanol–water partition coefficient (Wildman–Crippen LogP) is 3.95. The first-order chi connectivity index (χ1) is 14.3. The van der Waals surface area contributed by atoms with Crippen LogP contribution in [0.25, 0.3) is 11.3 Å². The number of rotatable bonds is 4. The third-order valence-corrected chi connectivity index (χ3v) is 4.39. The Labute approximate surface area is 168 Å². The molecule has 4 aromatic rings. The highest BCUT2D eigenvalue weighted by Gasteiger charge is 2.30. The lowest BCUT2D eigenvalue weighted by molar-refractivity contribution is -0.137. The first-order valence-corrected chi connectivity index (χ1v) is 8.75. The van der Waals surface area contributed by atoms with Crippen molar-refractivity contribution >= 4 is 5.65 Å². The SMILES string of the molecule is N#Cc1ccc(OCc2cn3c(=O)n(-c4cccc(C(F)(F)F)c4)ccc3n2)cc1. The zero-order chi connectivity index (χ0) is 21.3. The molecule has 0 atom stereocenters. The molecular weight excluding hydrogens is 397 g/mol. The van der Waals surface area contributed by atoms with Crippen molar-refractivity contribution in [3.05, 3.63) is 94.3 Å². The van der Waals surface area contributed by atoms with Gasteiger partial charge in [-0.2, -0.15) is 18.4 Å². The van der Waals surface area contributed by atoms with Gasteiger partial charge in [0, 0.05) is 12.4 Å². The molecule has 9 heteroatoms. The van der Waals surface area contributed by atoms with E-state index in [1.807, 2.05) is 6.07 Å². The molecule has 0 saturated heterocycles. The molecule has 0 radical (unpaired) electrons. The van der Waals surface area contributed by atoms with E-state index in [0.717, 1.165) is 16.7 Å². The summed E-state index contributed by atoms with van der Waals surface area (Å²) in [5.41, 5.74) is 0.0315. The van der Waals surface area contributed by atoms with Gasteiger partial charge < -0.3 is 4.74 Å². The monoisotopic (exact) mass is 410 g/mol. The van der Waals surface area contributed by atoms with Gasteiger partial charge in [0.15, 0.2) is 0 Å². The van der Waals surface area contributed by atoms with Gasteiger partial charge in [-0.05, 0) is 48.5 Å². The zero-order valence-corrected chi connectivity index (χ0v) is 15.3. The fourth-order valence-corrected chi connectivity index (χ4v) is 2.92. The highest BCUT2D eigenvalue weighted by Crippen LogP contribution is 2.30. The summed E-state index contributed by atoms with van der Waals surface area (Å²) >= 11 is 0. The lowest BCUT2D eigenvalue weighted by Gasteiger charge is -2.10. The number of fused-ring (bicyclic) bond motifs is 1. The predicted molar refractivity (Wildman–Crippen MR) is 101 cm³/mol. The summed E-state index contributed by atoms with van der Waals surface area (Å²) in [6.07, 6.45) is -1.65. The molecule has 0 spiro atoms. The van der Waals surface area contributed by atoms with E-state index >= 15 is 0 Å². The standard InChI is InChI=1S/C21H13F3N4O2/c22-21(23,24)15-2-1-3-17(10-15)27-9-8-19-26-16(12-28(19)20(27)29)13-30-18-6-4-14(11-25)5-7-18/h1-10,12H,13H2. The molecule has 6 nitrogen and oxygen atoms in total. The lowest BCUT2D eigenvalue weighted by atomic mass is 10.2. The van der Waals surface area contributed by atoms with Crippen molar-refractivity contribution < 1.29 is 17.9 Å². The number of aromatic nitrogens is 3. The van der Waals surface area contributed by atoms with Gasteiger partial charge in [-0.25, -0.2) is 9.78 Å². The second-order valence-electron chi connectivity index (χ2n) is 6.40. The molecule has 0 fully saturated rings. The molecule has 0 aliphatic heterocycles. The molecule has 2 heterocycles. The van der Waals surface area contributed by atoms with Gasteiger partial charge in [0.25, 0.3) is 0 Å². The molecule has 150 valence electrons. The molecule has 2 aromatic carbocycles. The maximum absolute atomic E-state index is 13.0. The van der Waals surface area contributed by atoms with Crippen molar-refractivity contribution in [2.45, 2.75) is 12.8 Å². The van der Waals surface area contributed by atoms with Gasteiger partial charge >= 0.3 is 11.9 Å². The minimum absolute atomic E-state index is 0.0799. The number of alkyl halides is 3. The maximum Gasteiger partial charge on any atom is 0.416 e. The molecule has 0 unspecified atom stereocenters. The van der Waals surface area contributed by atoms with Crippen LogP contribution in [-0.2, 0) is 12.8 Å². The first kappa shape index (κ1) is 19.3. The van der Waals surface area contributed by atoms with Crippen LogP contribution in [0.4, 0.5) is 13.2 Å². The fourth-order valence-electron chi connectivity index (χ4n) is 2.92. The molecule has 0 saturated carbocycles. The van der Waals surface area contributed by atoms with Crippen LogP contribution < -0.4 is 10.4 Å². The number of hydrogen-bond acceptors (Lipinski definition) is 4. The van der Waals surface area contributed by atoms with Crippen LogP contribution in [0.2, 0.25) is 0 Å². The molecule has 0 N–H and O–H groups in total. The van der Waals surface area contributed by atoms with E-state index in [-0.39, 0.29) is 12.3 Å². The molecule has 0 aliphatic rings. The van der Waals surface area contributed by atoms with Crippen LogP contribution in [0, 0.1) is 11.3 Å². The van der Waals surface area contributed by atoms with Crippen LogP contribution in [0.15, 0.2) is 71.8 Å². The Morgan fingerprint density at radius 2 is 1.87 bits per heavy atom. The second kappa shape index (κ2) is 7.40. The topological polar surface area (TPSA) is 72.3 Å². The van der Waals surface area contributed by atoms with Crippen LogP contribution in [0.1, 0.15) is 16.8 Å². The number of hydrogen-bond donors (Lipinski definition) is 0. The Morgan fingerprint density at radius 1 is 1.10 bits per heavy atom. The Hall–Kier alpha value is -4.06. The number of imidazole rings is 1. The third-order valence-electron chi connectivity index (χ3n) is 4.39. The van der Waals surface area contributed by atoms with E-state index in [4.69, 9.17) is 10.00 Å². The minimum Gasteiger partial charge on any atom is -0.487 e. The van der Waals surface area contributed by atoms with Crippen molar-refractivity contribution in [2.24, 2.45) is 0 Å². The van der Waals surface area contributed by atoms with Crippen LogP contribution in [0.5, 0.6) is 5.75 Å². The van der Waals surface area contributed by atoms with Crippen molar-refractivity contribution in [3.8, 4) is 17.5 Å². The quantitative estimate of drug-likeness (QED) is 0.511. The van der Waals surface area contributed by atoms with Crippen molar-refractivity contribution in [1.82, 2.24) is 14.0 Å².